The van der Waals surface area contributed by atoms with E-state index >= 15 is 0 Å². The number of H-pyrrole nitrogens is 1. The number of fused-ring (bicyclic) bond motifs is 5. The second-order valence-corrected chi connectivity index (χ2v) is 9.13. The van der Waals surface area contributed by atoms with Crippen LogP contribution in [0.4, 0.5) is 13.2 Å². The third kappa shape index (κ3) is 3.93. The molecule has 8 nitrogen and oxygen atoms in total. The molecule has 35 heavy (non-hydrogen) atoms. The Balaban J connectivity index is 1.72. The van der Waals surface area contributed by atoms with E-state index in [0.29, 0.717) is 53.6 Å². The number of halogens is 3. The fraction of sp³-hybridized carbons (Fsp3) is 0.417. The number of aromatic nitrogens is 3. The van der Waals surface area contributed by atoms with Crippen molar-refractivity contribution in [3.8, 4) is 0 Å². The van der Waals surface area contributed by atoms with E-state index in [4.69, 9.17) is 11.1 Å². The van der Waals surface area contributed by atoms with E-state index < -0.39 is 17.5 Å². The maximum Gasteiger partial charge on any atom is 0.433 e. The summed E-state index contributed by atoms with van der Waals surface area (Å²) in [6, 6.07) is 3.45. The van der Waals surface area contributed by atoms with Gasteiger partial charge in [0.05, 0.1) is 16.7 Å². The first-order valence-corrected chi connectivity index (χ1v) is 11.6. The normalized spacial score (nSPS) is 17.7. The fourth-order valence-electron chi connectivity index (χ4n) is 5.10. The molecule has 184 valence electrons. The Kier molecular flexibility index (Phi) is 5.74. The molecule has 2 aliphatic rings. The number of piperazine rings is 1. The van der Waals surface area contributed by atoms with Gasteiger partial charge in [0.2, 0.25) is 0 Å². The minimum atomic E-state index is -4.85. The summed E-state index contributed by atoms with van der Waals surface area (Å²) < 4.78 is 40.3. The summed E-state index contributed by atoms with van der Waals surface area (Å²) in [5.41, 5.74) is 6.68. The highest BCUT2D eigenvalue weighted by molar-refractivity contribution is 6.25. The largest absolute Gasteiger partial charge is 0.433 e. The van der Waals surface area contributed by atoms with E-state index in [-0.39, 0.29) is 11.6 Å². The highest BCUT2D eigenvalue weighted by Crippen LogP contribution is 2.39. The number of rotatable bonds is 3. The van der Waals surface area contributed by atoms with Crippen molar-refractivity contribution in [2.45, 2.75) is 31.9 Å². The van der Waals surface area contributed by atoms with Gasteiger partial charge in [0, 0.05) is 48.7 Å². The van der Waals surface area contributed by atoms with Gasteiger partial charge in [0.15, 0.2) is 5.69 Å². The lowest BCUT2D eigenvalue weighted by Gasteiger charge is -2.32. The number of likely N-dealkylation sites (N-methyl/N-ethyl adjacent to an activating group) is 1. The van der Waals surface area contributed by atoms with Crippen LogP contribution >= 0.6 is 0 Å². The highest BCUT2D eigenvalue weighted by Gasteiger charge is 2.39. The maximum atomic E-state index is 13.4. The minimum Gasteiger partial charge on any atom is -0.404 e. The van der Waals surface area contributed by atoms with Crippen LogP contribution < -0.4 is 5.73 Å². The number of pyridine rings is 1. The number of alkyl halides is 3. The Morgan fingerprint density at radius 1 is 1.09 bits per heavy atom. The van der Waals surface area contributed by atoms with Crippen molar-refractivity contribution in [2.75, 3.05) is 33.2 Å². The SMILES string of the molecule is CN1CCN(C(=O)c2n[nH]c3ccc4nc(/C(=C/N)C(=N)C(F)(F)F)c5c(c4c23)CCCC5)CC1. The van der Waals surface area contributed by atoms with E-state index in [0.717, 1.165) is 43.1 Å². The quantitative estimate of drug-likeness (QED) is 0.493. The Hall–Kier alpha value is -3.47. The van der Waals surface area contributed by atoms with Gasteiger partial charge in [-0.15, -0.1) is 0 Å². The smallest absolute Gasteiger partial charge is 0.404 e. The van der Waals surface area contributed by atoms with Crippen molar-refractivity contribution in [2.24, 2.45) is 5.73 Å². The number of aromatic amines is 1. The molecule has 4 N–H and O–H groups in total. The van der Waals surface area contributed by atoms with Crippen molar-refractivity contribution in [1.82, 2.24) is 25.0 Å². The third-order valence-corrected chi connectivity index (χ3v) is 6.96. The van der Waals surface area contributed by atoms with Crippen molar-refractivity contribution in [1.29, 1.82) is 5.41 Å². The van der Waals surface area contributed by atoms with Crippen LogP contribution in [0.1, 0.15) is 40.2 Å². The van der Waals surface area contributed by atoms with Crippen LogP contribution in [-0.2, 0) is 12.8 Å². The molecule has 0 atom stereocenters. The predicted molar refractivity (Wildman–Crippen MR) is 127 cm³/mol. The van der Waals surface area contributed by atoms with Crippen LogP contribution in [-0.4, -0.2) is 76.0 Å². The number of carbonyl (C=O) groups is 1. The molecular weight excluding hydrogens is 459 g/mol. The third-order valence-electron chi connectivity index (χ3n) is 6.96. The molecule has 1 aliphatic heterocycles. The van der Waals surface area contributed by atoms with Crippen LogP contribution in [0.5, 0.6) is 0 Å². The lowest BCUT2D eigenvalue weighted by molar-refractivity contribution is -0.0578. The molecule has 1 fully saturated rings. The minimum absolute atomic E-state index is 0.0896. The molecule has 1 aliphatic carbocycles. The van der Waals surface area contributed by atoms with Crippen LogP contribution in [0.15, 0.2) is 18.3 Å². The molecule has 0 bridgehead atoms. The summed E-state index contributed by atoms with van der Waals surface area (Å²) in [6.45, 7) is 2.74. The van der Waals surface area contributed by atoms with E-state index in [1.807, 2.05) is 7.05 Å². The predicted octanol–water partition coefficient (Wildman–Crippen LogP) is 3.26. The maximum absolute atomic E-state index is 13.4. The highest BCUT2D eigenvalue weighted by atomic mass is 19.4. The first-order chi connectivity index (χ1) is 16.7. The molecule has 0 saturated carbocycles. The van der Waals surface area contributed by atoms with E-state index in [2.05, 4.69) is 20.1 Å². The molecular formula is C24H26F3N7O. The summed E-state index contributed by atoms with van der Waals surface area (Å²) >= 11 is 0. The van der Waals surface area contributed by atoms with Crippen molar-refractivity contribution >= 4 is 39.0 Å². The van der Waals surface area contributed by atoms with Crippen LogP contribution in [0.2, 0.25) is 0 Å². The van der Waals surface area contributed by atoms with E-state index in [1.165, 1.54) is 0 Å². The number of nitrogens with two attached hydrogens (primary N) is 1. The van der Waals surface area contributed by atoms with Crippen LogP contribution in [0.25, 0.3) is 27.4 Å². The number of amides is 1. The second kappa shape index (κ2) is 8.63. The van der Waals surface area contributed by atoms with Crippen LogP contribution in [0, 0.1) is 5.41 Å². The number of allylic oxidation sites excluding steroid dienone is 1. The topological polar surface area (TPSA) is 115 Å². The average molecular weight is 486 g/mol. The van der Waals surface area contributed by atoms with Crippen LogP contribution in [0.3, 0.4) is 0 Å². The monoisotopic (exact) mass is 485 g/mol. The van der Waals surface area contributed by atoms with Gasteiger partial charge < -0.3 is 15.5 Å². The molecule has 2 aromatic heterocycles. The zero-order chi connectivity index (χ0) is 24.9. The summed E-state index contributed by atoms with van der Waals surface area (Å²) in [5.74, 6) is -0.174. The number of benzene rings is 1. The molecule has 11 heteroatoms. The number of carbonyl (C=O) groups excluding carboxylic acids is 1. The first-order valence-electron chi connectivity index (χ1n) is 11.6. The summed E-state index contributed by atoms with van der Waals surface area (Å²) in [7, 11) is 2.01. The van der Waals surface area contributed by atoms with Crippen molar-refractivity contribution in [3.05, 3.63) is 40.8 Å². The lowest BCUT2D eigenvalue weighted by Crippen LogP contribution is -2.47. The number of nitrogens with one attached hydrogen (secondary N) is 2. The van der Waals surface area contributed by atoms with Gasteiger partial charge in [-0.1, -0.05) is 0 Å². The average Bonchev–Trinajstić information content (AvgIpc) is 3.28. The fourth-order valence-corrected chi connectivity index (χ4v) is 5.10. The van der Waals surface area contributed by atoms with Gasteiger partial charge >= 0.3 is 6.18 Å². The molecule has 0 radical (unpaired) electrons. The molecule has 0 unspecified atom stereocenters. The Labute approximate surface area is 199 Å². The van der Waals surface area contributed by atoms with Gasteiger partial charge in [0.1, 0.15) is 5.71 Å². The standard InChI is InChI=1S/C24H26F3N7O/c1-33-8-10-34(11-9-33)23(35)21-19-17(31-32-21)7-6-16-18(19)13-4-2-3-5-14(13)20(30-16)15(12-28)22(29)24(25,26)27/h6-7,12,29H,2-5,8-11,28H2,1H3,(H,31,32)/b15-12-,29-22?. The molecule has 1 saturated heterocycles. The number of hydrogen-bond acceptors (Lipinski definition) is 6. The van der Waals surface area contributed by atoms with Gasteiger partial charge in [-0.3, -0.25) is 15.3 Å². The van der Waals surface area contributed by atoms with Gasteiger partial charge in [0.25, 0.3) is 5.91 Å². The Bertz CT molecular complexity index is 1370. The summed E-state index contributed by atoms with van der Waals surface area (Å²) in [5, 5.41) is 16.4. The first kappa shape index (κ1) is 23.3. The van der Waals surface area contributed by atoms with Crippen molar-refractivity contribution in [3.63, 3.8) is 0 Å². The Morgan fingerprint density at radius 3 is 2.43 bits per heavy atom. The number of hydrogen-bond donors (Lipinski definition) is 3. The van der Waals surface area contributed by atoms with Gasteiger partial charge in [-0.2, -0.15) is 18.3 Å². The number of aryl methyl sites for hydroxylation is 1. The lowest BCUT2D eigenvalue weighted by atomic mass is 9.84. The molecule has 5 rings (SSSR count). The zero-order valence-corrected chi connectivity index (χ0v) is 19.3. The van der Waals surface area contributed by atoms with Gasteiger partial charge in [-0.25, -0.2) is 4.98 Å². The number of nitrogens with zero attached hydrogens (tertiary/aromatic N) is 4. The zero-order valence-electron chi connectivity index (χ0n) is 19.3. The van der Waals surface area contributed by atoms with Crippen molar-refractivity contribution < 1.29 is 18.0 Å². The van der Waals surface area contributed by atoms with E-state index in [1.54, 1.807) is 17.0 Å². The molecule has 1 aromatic carbocycles. The molecule has 3 heterocycles. The molecule has 1 amide bonds. The summed E-state index contributed by atoms with van der Waals surface area (Å²) in [6.07, 6.45) is -1.23. The molecule has 0 spiro atoms. The second-order valence-electron chi connectivity index (χ2n) is 9.13. The summed E-state index contributed by atoms with van der Waals surface area (Å²) in [4.78, 5) is 22.0. The Morgan fingerprint density at radius 2 is 1.77 bits per heavy atom. The molecule has 3 aromatic rings. The van der Waals surface area contributed by atoms with Gasteiger partial charge in [-0.05, 0) is 56.0 Å². The van der Waals surface area contributed by atoms with E-state index in [9.17, 15) is 18.0 Å².